The second-order valence-electron chi connectivity index (χ2n) is 5.11. The number of hydrogen-bond donors (Lipinski definition) is 0. The van der Waals surface area contributed by atoms with E-state index in [1.807, 2.05) is 0 Å². The highest BCUT2D eigenvalue weighted by Crippen LogP contribution is 2.66. The fourth-order valence-corrected chi connectivity index (χ4v) is 3.93. The van der Waals surface area contributed by atoms with Gasteiger partial charge in [0.2, 0.25) is 0 Å². The highest BCUT2D eigenvalue weighted by molar-refractivity contribution is 5.06. The van der Waals surface area contributed by atoms with Crippen molar-refractivity contribution in [1.82, 2.24) is 0 Å². The standard InChI is InChI=1S/C10H16/c1-10-5-7(6-10)4-8-2-3-9(8)10/h7-9H,2-6H2,1H3. The normalized spacial score (nSPS) is 63.9. The lowest BCUT2D eigenvalue weighted by Crippen LogP contribution is -2.54. The maximum Gasteiger partial charge on any atom is -0.0290 e. The van der Waals surface area contributed by atoms with E-state index < -0.39 is 0 Å². The Bertz CT molecular complexity index is 162. The molecular weight excluding hydrogens is 120 g/mol. The molecule has 0 N–H and O–H groups in total. The van der Waals surface area contributed by atoms with Crippen LogP contribution >= 0.6 is 0 Å². The molecule has 56 valence electrons. The molecule has 2 unspecified atom stereocenters. The molecule has 4 saturated carbocycles. The van der Waals surface area contributed by atoms with E-state index in [9.17, 15) is 0 Å². The van der Waals surface area contributed by atoms with E-state index in [0.717, 1.165) is 17.3 Å². The van der Waals surface area contributed by atoms with Crippen LogP contribution in [0.3, 0.4) is 0 Å². The minimum Gasteiger partial charge on any atom is -0.0593 e. The molecule has 10 heavy (non-hydrogen) atoms. The van der Waals surface area contributed by atoms with Gasteiger partial charge in [-0.05, 0) is 55.3 Å². The van der Waals surface area contributed by atoms with Crippen LogP contribution in [0.15, 0.2) is 0 Å². The Kier molecular flexibility index (Phi) is 0.810. The molecule has 0 spiro atoms. The lowest BCUT2D eigenvalue weighted by Gasteiger charge is -2.63. The predicted molar refractivity (Wildman–Crippen MR) is 41.7 cm³/mol. The molecular formula is C10H16. The Balaban J connectivity index is 1.90. The van der Waals surface area contributed by atoms with Crippen LogP contribution in [0, 0.1) is 23.2 Å². The molecule has 4 rings (SSSR count). The average molecular weight is 136 g/mol. The third-order valence-electron chi connectivity index (χ3n) is 4.46. The van der Waals surface area contributed by atoms with Gasteiger partial charge in [0, 0.05) is 0 Å². The quantitative estimate of drug-likeness (QED) is 0.480. The Morgan fingerprint density at radius 1 is 1.20 bits per heavy atom. The van der Waals surface area contributed by atoms with Gasteiger partial charge < -0.3 is 0 Å². The Labute approximate surface area is 63.0 Å². The predicted octanol–water partition coefficient (Wildman–Crippen LogP) is 2.83. The first-order valence-corrected chi connectivity index (χ1v) is 4.78. The molecule has 0 nitrogen and oxygen atoms in total. The average Bonchev–Trinajstić information content (AvgIpc) is 1.71. The molecule has 4 fully saturated rings. The van der Waals surface area contributed by atoms with E-state index in [1.54, 1.807) is 32.1 Å². The minimum absolute atomic E-state index is 0.839. The summed E-state index contributed by atoms with van der Waals surface area (Å²) in [5.41, 5.74) is 0.839. The van der Waals surface area contributed by atoms with E-state index in [1.165, 1.54) is 5.92 Å². The van der Waals surface area contributed by atoms with Crippen molar-refractivity contribution in [3.05, 3.63) is 0 Å². The monoisotopic (exact) mass is 136 g/mol. The summed E-state index contributed by atoms with van der Waals surface area (Å²) in [4.78, 5) is 0. The Morgan fingerprint density at radius 2 is 2.00 bits per heavy atom. The maximum absolute atomic E-state index is 2.53. The van der Waals surface area contributed by atoms with Gasteiger partial charge in [0.15, 0.2) is 0 Å². The molecule has 2 bridgehead atoms. The molecule has 4 aliphatic carbocycles. The number of hydrogen-bond acceptors (Lipinski definition) is 0. The van der Waals surface area contributed by atoms with Gasteiger partial charge in [-0.3, -0.25) is 0 Å². The fourth-order valence-electron chi connectivity index (χ4n) is 3.93. The lowest BCUT2D eigenvalue weighted by molar-refractivity contribution is -0.134. The summed E-state index contributed by atoms with van der Waals surface area (Å²) in [7, 11) is 0. The van der Waals surface area contributed by atoms with E-state index in [-0.39, 0.29) is 0 Å². The molecule has 0 aromatic rings. The molecule has 0 aliphatic heterocycles. The van der Waals surface area contributed by atoms with E-state index >= 15 is 0 Å². The molecule has 0 heteroatoms. The summed E-state index contributed by atoms with van der Waals surface area (Å²) in [5.74, 6) is 3.50. The van der Waals surface area contributed by atoms with Crippen LogP contribution in [-0.2, 0) is 0 Å². The summed E-state index contributed by atoms with van der Waals surface area (Å²) < 4.78 is 0. The fraction of sp³-hybridized carbons (Fsp3) is 1.00. The Morgan fingerprint density at radius 3 is 2.40 bits per heavy atom. The summed E-state index contributed by atoms with van der Waals surface area (Å²) in [6.07, 6.45) is 7.88. The van der Waals surface area contributed by atoms with Crippen molar-refractivity contribution >= 4 is 0 Å². The topological polar surface area (TPSA) is 0 Å². The van der Waals surface area contributed by atoms with Crippen molar-refractivity contribution in [2.24, 2.45) is 23.2 Å². The first-order chi connectivity index (χ1) is 4.78. The van der Waals surface area contributed by atoms with Gasteiger partial charge in [0.25, 0.3) is 0 Å². The van der Waals surface area contributed by atoms with Crippen molar-refractivity contribution in [2.45, 2.75) is 39.0 Å². The molecule has 0 radical (unpaired) electrons. The van der Waals surface area contributed by atoms with E-state index in [4.69, 9.17) is 0 Å². The summed E-state index contributed by atoms with van der Waals surface area (Å²) in [5, 5.41) is 0. The molecule has 0 aromatic heterocycles. The third kappa shape index (κ3) is 0.466. The second-order valence-corrected chi connectivity index (χ2v) is 5.11. The van der Waals surface area contributed by atoms with Crippen molar-refractivity contribution in [3.63, 3.8) is 0 Å². The first-order valence-electron chi connectivity index (χ1n) is 4.78. The molecule has 0 saturated heterocycles. The summed E-state index contributed by atoms with van der Waals surface area (Å²) in [6, 6.07) is 0. The van der Waals surface area contributed by atoms with Gasteiger partial charge in [-0.1, -0.05) is 6.92 Å². The van der Waals surface area contributed by atoms with Crippen LogP contribution in [-0.4, -0.2) is 0 Å². The molecule has 0 aromatic carbocycles. The van der Waals surface area contributed by atoms with Crippen LogP contribution < -0.4 is 0 Å². The minimum atomic E-state index is 0.839. The van der Waals surface area contributed by atoms with Crippen LogP contribution in [0.4, 0.5) is 0 Å². The molecule has 4 aliphatic rings. The largest absolute Gasteiger partial charge is 0.0593 e. The van der Waals surface area contributed by atoms with Crippen LogP contribution in [0.2, 0.25) is 0 Å². The smallest absolute Gasteiger partial charge is 0.0290 e. The van der Waals surface area contributed by atoms with Crippen molar-refractivity contribution in [2.75, 3.05) is 0 Å². The van der Waals surface area contributed by atoms with E-state index in [2.05, 4.69) is 6.92 Å². The van der Waals surface area contributed by atoms with Crippen LogP contribution in [0.25, 0.3) is 0 Å². The highest BCUT2D eigenvalue weighted by Gasteiger charge is 2.56. The maximum atomic E-state index is 2.53. The molecule has 0 heterocycles. The van der Waals surface area contributed by atoms with Crippen molar-refractivity contribution in [1.29, 1.82) is 0 Å². The lowest BCUT2D eigenvalue weighted by atomic mass is 9.42. The Hall–Kier alpha value is 0. The first kappa shape index (κ1) is 5.62. The number of rotatable bonds is 0. The van der Waals surface area contributed by atoms with Crippen LogP contribution in [0.5, 0.6) is 0 Å². The second kappa shape index (κ2) is 1.44. The summed E-state index contributed by atoms with van der Waals surface area (Å²) in [6.45, 7) is 2.53. The van der Waals surface area contributed by atoms with Gasteiger partial charge in [-0.15, -0.1) is 0 Å². The zero-order chi connectivity index (χ0) is 6.77. The SMILES string of the molecule is CC12CC(CC3CCC31)C2. The van der Waals surface area contributed by atoms with E-state index in [0.29, 0.717) is 0 Å². The molecule has 0 amide bonds. The van der Waals surface area contributed by atoms with Gasteiger partial charge in [-0.2, -0.15) is 0 Å². The van der Waals surface area contributed by atoms with Crippen molar-refractivity contribution in [3.8, 4) is 0 Å². The zero-order valence-electron chi connectivity index (χ0n) is 6.77. The molecule has 2 atom stereocenters. The van der Waals surface area contributed by atoms with Gasteiger partial charge in [0.1, 0.15) is 0 Å². The van der Waals surface area contributed by atoms with Crippen LogP contribution in [0.1, 0.15) is 39.0 Å². The van der Waals surface area contributed by atoms with Gasteiger partial charge >= 0.3 is 0 Å². The zero-order valence-corrected chi connectivity index (χ0v) is 6.77. The highest BCUT2D eigenvalue weighted by atomic mass is 14.6. The summed E-state index contributed by atoms with van der Waals surface area (Å²) >= 11 is 0. The third-order valence-corrected chi connectivity index (χ3v) is 4.46. The van der Waals surface area contributed by atoms with Gasteiger partial charge in [0.05, 0.1) is 0 Å². The van der Waals surface area contributed by atoms with Crippen molar-refractivity contribution < 1.29 is 0 Å². The van der Waals surface area contributed by atoms with Gasteiger partial charge in [-0.25, -0.2) is 0 Å².